The zero-order valence-corrected chi connectivity index (χ0v) is 15.5. The lowest BCUT2D eigenvalue weighted by Crippen LogP contribution is -2.19. The van der Waals surface area contributed by atoms with Crippen molar-refractivity contribution < 1.29 is 0 Å². The topological polar surface area (TPSA) is 52.0 Å². The second-order valence-corrected chi connectivity index (χ2v) is 7.08. The molecule has 0 bridgehead atoms. The monoisotopic (exact) mass is 312 g/mol. The summed E-state index contributed by atoms with van der Waals surface area (Å²) < 4.78 is 0. The fraction of sp³-hybridized carbons (Fsp3) is 1.00. The van der Waals surface area contributed by atoms with E-state index in [4.69, 9.17) is 11.5 Å². The van der Waals surface area contributed by atoms with Crippen molar-refractivity contribution in [3.8, 4) is 0 Å². The van der Waals surface area contributed by atoms with E-state index in [0.717, 1.165) is 13.0 Å². The van der Waals surface area contributed by atoms with Crippen LogP contribution in [0.3, 0.4) is 0 Å². The van der Waals surface area contributed by atoms with Gasteiger partial charge in [-0.05, 0) is 25.8 Å². The highest BCUT2D eigenvalue weighted by atomic mass is 14.6. The van der Waals surface area contributed by atoms with E-state index >= 15 is 0 Å². The lowest BCUT2D eigenvalue weighted by Gasteiger charge is -2.11. The zero-order valence-electron chi connectivity index (χ0n) is 15.5. The summed E-state index contributed by atoms with van der Waals surface area (Å²) in [4.78, 5) is 0. The van der Waals surface area contributed by atoms with E-state index in [0.29, 0.717) is 6.04 Å². The quantitative estimate of drug-likeness (QED) is 0.308. The first-order valence-corrected chi connectivity index (χ1v) is 10.3. The Morgan fingerprint density at radius 3 is 1.32 bits per heavy atom. The summed E-state index contributed by atoms with van der Waals surface area (Å²) in [7, 11) is 0. The van der Waals surface area contributed by atoms with E-state index in [2.05, 4.69) is 6.92 Å². The van der Waals surface area contributed by atoms with E-state index in [1.54, 1.807) is 0 Å². The molecule has 0 spiro atoms. The number of nitrogens with two attached hydrogens (primary N) is 2. The highest BCUT2D eigenvalue weighted by Gasteiger charge is 2.02. The maximum Gasteiger partial charge on any atom is 0.00388 e. The van der Waals surface area contributed by atoms with Crippen LogP contribution in [0.1, 0.15) is 116 Å². The fourth-order valence-corrected chi connectivity index (χ4v) is 3.12. The Labute approximate surface area is 140 Å². The fourth-order valence-electron chi connectivity index (χ4n) is 3.12. The maximum atomic E-state index is 6.16. The van der Waals surface area contributed by atoms with Crippen LogP contribution in [-0.4, -0.2) is 12.6 Å². The molecule has 1 atom stereocenters. The van der Waals surface area contributed by atoms with Gasteiger partial charge in [0.05, 0.1) is 0 Å². The smallest absolute Gasteiger partial charge is 0.00388 e. The van der Waals surface area contributed by atoms with Crippen molar-refractivity contribution in [1.29, 1.82) is 0 Å². The Balaban J connectivity index is 3.07. The van der Waals surface area contributed by atoms with Crippen LogP contribution in [0.15, 0.2) is 0 Å². The van der Waals surface area contributed by atoms with Crippen molar-refractivity contribution >= 4 is 0 Å². The summed E-state index contributed by atoms with van der Waals surface area (Å²) in [6, 6.07) is 0.431. The molecule has 0 radical (unpaired) electrons. The highest BCUT2D eigenvalue weighted by molar-refractivity contribution is 4.62. The second-order valence-electron chi connectivity index (χ2n) is 7.08. The van der Waals surface area contributed by atoms with E-state index in [-0.39, 0.29) is 0 Å². The molecule has 0 aliphatic carbocycles. The average Bonchev–Trinajstić information content (AvgIpc) is 2.52. The molecular formula is C20H44N2. The Morgan fingerprint density at radius 2 is 0.909 bits per heavy atom. The maximum absolute atomic E-state index is 6.16. The first-order chi connectivity index (χ1) is 10.8. The van der Waals surface area contributed by atoms with Crippen molar-refractivity contribution in [2.24, 2.45) is 11.5 Å². The van der Waals surface area contributed by atoms with Gasteiger partial charge in [0.2, 0.25) is 0 Å². The van der Waals surface area contributed by atoms with Crippen molar-refractivity contribution in [2.75, 3.05) is 6.54 Å². The molecule has 134 valence electrons. The predicted octanol–water partition coefficient (Wildman–Crippen LogP) is 5.92. The predicted molar refractivity (Wildman–Crippen MR) is 101 cm³/mol. The molecule has 2 heteroatoms. The molecule has 0 aromatic rings. The Morgan fingerprint density at radius 1 is 0.545 bits per heavy atom. The molecule has 0 saturated heterocycles. The Bertz CT molecular complexity index is 194. The van der Waals surface area contributed by atoms with Gasteiger partial charge < -0.3 is 11.5 Å². The van der Waals surface area contributed by atoms with Crippen molar-refractivity contribution in [3.05, 3.63) is 0 Å². The minimum Gasteiger partial charge on any atom is -0.330 e. The van der Waals surface area contributed by atoms with Gasteiger partial charge in [-0.15, -0.1) is 0 Å². The molecule has 0 aromatic heterocycles. The van der Waals surface area contributed by atoms with Gasteiger partial charge in [0.15, 0.2) is 0 Å². The summed E-state index contributed by atoms with van der Waals surface area (Å²) in [6.45, 7) is 3.11. The SMILES string of the molecule is CCCCCCCCCCCCCCC(N)CCCCCN. The van der Waals surface area contributed by atoms with Gasteiger partial charge in [-0.2, -0.15) is 0 Å². The van der Waals surface area contributed by atoms with E-state index in [1.807, 2.05) is 0 Å². The number of unbranched alkanes of at least 4 members (excludes halogenated alkanes) is 13. The van der Waals surface area contributed by atoms with Gasteiger partial charge >= 0.3 is 0 Å². The van der Waals surface area contributed by atoms with Crippen LogP contribution in [0.2, 0.25) is 0 Å². The molecule has 0 aromatic carbocycles. The van der Waals surface area contributed by atoms with E-state index < -0.39 is 0 Å². The minimum atomic E-state index is 0.431. The second kappa shape index (κ2) is 19.0. The molecule has 0 aliphatic heterocycles. The molecular weight excluding hydrogens is 268 g/mol. The first kappa shape index (κ1) is 21.9. The highest BCUT2D eigenvalue weighted by Crippen LogP contribution is 2.13. The molecule has 0 fully saturated rings. The minimum absolute atomic E-state index is 0.431. The average molecular weight is 313 g/mol. The summed E-state index contributed by atoms with van der Waals surface area (Å²) in [5.41, 5.74) is 11.7. The van der Waals surface area contributed by atoms with Gasteiger partial charge in [0, 0.05) is 6.04 Å². The van der Waals surface area contributed by atoms with Crippen LogP contribution in [-0.2, 0) is 0 Å². The van der Waals surface area contributed by atoms with Crippen LogP contribution >= 0.6 is 0 Å². The summed E-state index contributed by atoms with van der Waals surface area (Å²) in [5, 5.41) is 0. The van der Waals surface area contributed by atoms with Crippen molar-refractivity contribution in [2.45, 2.75) is 122 Å². The normalized spacial score (nSPS) is 12.7. The van der Waals surface area contributed by atoms with Gasteiger partial charge in [-0.1, -0.05) is 96.8 Å². The number of hydrogen-bond donors (Lipinski definition) is 2. The van der Waals surface area contributed by atoms with Crippen LogP contribution in [0.5, 0.6) is 0 Å². The number of rotatable bonds is 18. The lowest BCUT2D eigenvalue weighted by molar-refractivity contribution is 0.486. The molecule has 0 heterocycles. The van der Waals surface area contributed by atoms with Gasteiger partial charge in [-0.3, -0.25) is 0 Å². The molecule has 0 aliphatic rings. The largest absolute Gasteiger partial charge is 0.330 e. The molecule has 4 N–H and O–H groups in total. The molecule has 22 heavy (non-hydrogen) atoms. The summed E-state index contributed by atoms with van der Waals surface area (Å²) in [5.74, 6) is 0. The van der Waals surface area contributed by atoms with Crippen LogP contribution in [0.25, 0.3) is 0 Å². The third-order valence-corrected chi connectivity index (χ3v) is 4.71. The van der Waals surface area contributed by atoms with Gasteiger partial charge in [0.1, 0.15) is 0 Å². The van der Waals surface area contributed by atoms with E-state index in [9.17, 15) is 0 Å². The Hall–Kier alpha value is -0.0800. The number of hydrogen-bond acceptors (Lipinski definition) is 2. The van der Waals surface area contributed by atoms with Crippen LogP contribution < -0.4 is 11.5 Å². The Kier molecular flexibility index (Phi) is 18.9. The molecule has 0 saturated carbocycles. The summed E-state index contributed by atoms with van der Waals surface area (Å²) in [6.07, 6.45) is 23.1. The standard InChI is InChI=1S/C20H44N2/c1-2-3-4-5-6-7-8-9-10-11-12-14-17-20(22)18-15-13-16-19-21/h20H,2-19,21-22H2,1H3. The van der Waals surface area contributed by atoms with Crippen molar-refractivity contribution in [3.63, 3.8) is 0 Å². The zero-order chi connectivity index (χ0) is 16.3. The molecule has 0 rings (SSSR count). The lowest BCUT2D eigenvalue weighted by atomic mass is 10.0. The summed E-state index contributed by atoms with van der Waals surface area (Å²) >= 11 is 0. The van der Waals surface area contributed by atoms with Gasteiger partial charge in [-0.25, -0.2) is 0 Å². The van der Waals surface area contributed by atoms with E-state index in [1.165, 1.54) is 103 Å². The third kappa shape index (κ3) is 18.0. The molecule has 2 nitrogen and oxygen atoms in total. The molecule has 0 amide bonds. The third-order valence-electron chi connectivity index (χ3n) is 4.71. The van der Waals surface area contributed by atoms with Crippen LogP contribution in [0.4, 0.5) is 0 Å². The van der Waals surface area contributed by atoms with Crippen molar-refractivity contribution in [1.82, 2.24) is 0 Å². The molecule has 1 unspecified atom stereocenters. The van der Waals surface area contributed by atoms with Gasteiger partial charge in [0.25, 0.3) is 0 Å². The first-order valence-electron chi connectivity index (χ1n) is 10.3. The van der Waals surface area contributed by atoms with Crippen LogP contribution in [0, 0.1) is 0 Å².